The summed E-state index contributed by atoms with van der Waals surface area (Å²) in [5, 5.41) is 21.2. The van der Waals surface area contributed by atoms with Crippen LogP contribution in [0, 0.1) is 18.6 Å². The van der Waals surface area contributed by atoms with Gasteiger partial charge in [-0.05, 0) is 82.7 Å². The largest absolute Gasteiger partial charge is 0.458 e. The number of anilines is 1. The zero-order valence-electron chi connectivity index (χ0n) is 32.5. The molecule has 0 aliphatic carbocycles. The lowest BCUT2D eigenvalue weighted by Crippen LogP contribution is -2.63. The van der Waals surface area contributed by atoms with E-state index in [0.717, 1.165) is 22.6 Å². The molecule has 16 nitrogen and oxygen atoms in total. The summed E-state index contributed by atoms with van der Waals surface area (Å²) in [6, 6.07) is 0.801. The molecule has 4 aliphatic heterocycles. The molecule has 0 radical (unpaired) electrons. The normalized spacial score (nSPS) is 27.5. The smallest absolute Gasteiger partial charge is 0.329 e. The molecule has 0 aromatic heterocycles. The van der Waals surface area contributed by atoms with Crippen molar-refractivity contribution in [2.75, 3.05) is 25.0 Å². The highest BCUT2D eigenvalue weighted by molar-refractivity contribution is 5.99. The Morgan fingerprint density at radius 1 is 0.862 bits per heavy atom. The number of nitrogens with zero attached hydrogens (tertiary/aromatic N) is 3. The summed E-state index contributed by atoms with van der Waals surface area (Å²) in [5.74, 6) is -6.41. The third-order valence-corrected chi connectivity index (χ3v) is 11.1. The van der Waals surface area contributed by atoms with Crippen LogP contribution < -0.4 is 21.3 Å². The summed E-state index contributed by atoms with van der Waals surface area (Å²) in [6.07, 6.45) is -1.12. The molecule has 4 aliphatic rings. The predicted molar refractivity (Wildman–Crippen MR) is 202 cm³/mol. The van der Waals surface area contributed by atoms with E-state index in [2.05, 4.69) is 21.3 Å². The van der Waals surface area contributed by atoms with E-state index in [-0.39, 0.29) is 44.5 Å². The fourth-order valence-corrected chi connectivity index (χ4v) is 8.12. The summed E-state index contributed by atoms with van der Waals surface area (Å²) in [5.41, 5.74) is 1.28. The number of carbonyl (C=O) groups excluding carboxylic acids is 7. The number of aryl methyl sites for hydroxylation is 1. The van der Waals surface area contributed by atoms with Gasteiger partial charge in [-0.3, -0.25) is 24.0 Å². The molecule has 5 N–H and O–H groups in total. The number of halogens is 2. The van der Waals surface area contributed by atoms with Crippen molar-refractivity contribution in [2.24, 2.45) is 0 Å². The van der Waals surface area contributed by atoms with Crippen LogP contribution >= 0.6 is 0 Å². The van der Waals surface area contributed by atoms with Gasteiger partial charge in [0.1, 0.15) is 54.0 Å². The second-order valence-corrected chi connectivity index (χ2v) is 15.5. The SMILES string of the molecule is Cc1ccc(NC(=O)N[C@@H](Cc2cc(F)cc(F)c2)C(=O)N[C@@H]2C(=O)N3C[C@H](O)C[C@H]3C(=O)N3CCCC[C@H]3C(=O)N[C@@H](C)C(=O)N3CCC[C@H]3C(=O)O[C@H]2C)cc1. The second-order valence-electron chi connectivity index (χ2n) is 15.5. The number of hydrogen-bond acceptors (Lipinski definition) is 9. The summed E-state index contributed by atoms with van der Waals surface area (Å²) < 4.78 is 34.4. The molecule has 8 atom stereocenters. The molecule has 312 valence electrons. The zero-order chi connectivity index (χ0) is 41.8. The van der Waals surface area contributed by atoms with Gasteiger partial charge in [0.25, 0.3) is 0 Å². The molecule has 4 saturated heterocycles. The molecule has 0 spiro atoms. The Kier molecular flexibility index (Phi) is 12.9. The highest BCUT2D eigenvalue weighted by Crippen LogP contribution is 2.28. The second kappa shape index (κ2) is 17.9. The zero-order valence-corrected chi connectivity index (χ0v) is 32.5. The number of benzene rings is 2. The molecule has 4 heterocycles. The highest BCUT2D eigenvalue weighted by atomic mass is 19.1. The molecule has 0 saturated carbocycles. The summed E-state index contributed by atoms with van der Waals surface area (Å²) >= 11 is 0. The Hall–Kier alpha value is -5.65. The minimum atomic E-state index is -1.73. The molecule has 2 aromatic rings. The van der Waals surface area contributed by atoms with E-state index in [1.165, 1.54) is 23.6 Å². The standard InChI is InChI=1S/C40H49F2N7O9/c1-21-9-11-27(12-10-21)44-40(57)45-29(17-24-15-25(41)18-26(42)16-24)34(51)46-33-23(3)58-39(56)31-8-6-14-48(31)36(53)22(2)43-35(52)30-7-4-5-13-47(30)37(54)32-19-28(50)20-49(32)38(33)55/h9-12,15-16,18,22-23,28-33,50H,4-8,13-14,17,19-20H2,1-3H3,(H,43,52)(H,46,51)(H2,44,45,57)/t22-,23-,28+,29-,30-,31-,32-,33-/m0/s1. The van der Waals surface area contributed by atoms with Gasteiger partial charge >= 0.3 is 12.0 Å². The predicted octanol–water partition coefficient (Wildman–Crippen LogP) is 1.27. The number of rotatable bonds is 6. The van der Waals surface area contributed by atoms with Crippen LogP contribution in [0.4, 0.5) is 19.3 Å². The van der Waals surface area contributed by atoms with Crippen molar-refractivity contribution in [2.45, 2.75) is 114 Å². The first kappa shape index (κ1) is 42.0. The van der Waals surface area contributed by atoms with E-state index < -0.39 is 108 Å². The van der Waals surface area contributed by atoms with Crippen molar-refractivity contribution in [1.82, 2.24) is 30.7 Å². The van der Waals surface area contributed by atoms with Gasteiger partial charge in [0, 0.05) is 44.2 Å². The van der Waals surface area contributed by atoms with Crippen molar-refractivity contribution in [3.63, 3.8) is 0 Å². The van der Waals surface area contributed by atoms with Crippen LogP contribution in [0.2, 0.25) is 0 Å². The lowest BCUT2D eigenvalue weighted by atomic mass is 9.98. The van der Waals surface area contributed by atoms with Crippen LogP contribution in [0.5, 0.6) is 0 Å². The van der Waals surface area contributed by atoms with Crippen molar-refractivity contribution >= 4 is 47.2 Å². The average Bonchev–Trinajstić information content (AvgIpc) is 3.83. The lowest BCUT2D eigenvalue weighted by molar-refractivity contribution is -0.163. The van der Waals surface area contributed by atoms with Gasteiger partial charge in [0.15, 0.2) is 0 Å². The molecular formula is C40H49F2N7O9. The first-order valence-corrected chi connectivity index (χ1v) is 19.6. The summed E-state index contributed by atoms with van der Waals surface area (Å²) in [6.45, 7) is 4.71. The van der Waals surface area contributed by atoms with Gasteiger partial charge in [0.05, 0.1) is 6.10 Å². The maximum Gasteiger partial charge on any atom is 0.329 e. The van der Waals surface area contributed by atoms with Crippen LogP contribution in [0.25, 0.3) is 0 Å². The van der Waals surface area contributed by atoms with Gasteiger partial charge in [-0.2, -0.15) is 0 Å². The first-order valence-electron chi connectivity index (χ1n) is 19.6. The Labute approximate surface area is 334 Å². The Bertz CT molecular complexity index is 1910. The molecule has 2 aromatic carbocycles. The quantitative estimate of drug-likeness (QED) is 0.266. The fourth-order valence-electron chi connectivity index (χ4n) is 8.12. The molecule has 7 amide bonds. The van der Waals surface area contributed by atoms with Crippen LogP contribution in [-0.2, 0) is 39.9 Å². The number of aliphatic hydroxyl groups is 1. The van der Waals surface area contributed by atoms with Crippen molar-refractivity contribution in [1.29, 1.82) is 0 Å². The van der Waals surface area contributed by atoms with Crippen LogP contribution in [-0.4, -0.2) is 129 Å². The third kappa shape index (κ3) is 9.54. The number of ether oxygens (including phenoxy) is 1. The van der Waals surface area contributed by atoms with Crippen LogP contribution in [0.3, 0.4) is 0 Å². The maximum absolute atomic E-state index is 14.7. The molecule has 6 rings (SSSR count). The minimum Gasteiger partial charge on any atom is -0.458 e. The Morgan fingerprint density at radius 3 is 2.22 bits per heavy atom. The fraction of sp³-hybridized carbons (Fsp3) is 0.525. The van der Waals surface area contributed by atoms with Gasteiger partial charge < -0.3 is 45.8 Å². The summed E-state index contributed by atoms with van der Waals surface area (Å²) in [4.78, 5) is 101. The van der Waals surface area contributed by atoms with E-state index >= 15 is 0 Å². The number of piperidine rings is 1. The van der Waals surface area contributed by atoms with E-state index in [1.54, 1.807) is 24.3 Å². The number of aliphatic hydroxyl groups excluding tert-OH is 1. The van der Waals surface area contributed by atoms with Crippen molar-refractivity contribution in [3.05, 3.63) is 65.2 Å². The van der Waals surface area contributed by atoms with Gasteiger partial charge in [0.2, 0.25) is 29.5 Å². The van der Waals surface area contributed by atoms with Crippen molar-refractivity contribution < 1.29 is 52.2 Å². The molecule has 58 heavy (non-hydrogen) atoms. The number of nitrogens with one attached hydrogen (secondary N) is 4. The number of carbonyl (C=O) groups is 7. The number of fused-ring (bicyclic) bond motifs is 3. The molecule has 0 bridgehead atoms. The highest BCUT2D eigenvalue weighted by Gasteiger charge is 2.48. The van der Waals surface area contributed by atoms with Gasteiger partial charge in [-0.15, -0.1) is 0 Å². The molecule has 0 unspecified atom stereocenters. The number of amides is 7. The van der Waals surface area contributed by atoms with E-state index in [1.807, 2.05) is 6.92 Å². The maximum atomic E-state index is 14.7. The summed E-state index contributed by atoms with van der Waals surface area (Å²) in [7, 11) is 0. The number of cyclic esters (lactones) is 1. The average molecular weight is 810 g/mol. The number of esters is 1. The third-order valence-electron chi connectivity index (χ3n) is 11.1. The van der Waals surface area contributed by atoms with Crippen LogP contribution in [0.1, 0.15) is 63.5 Å². The van der Waals surface area contributed by atoms with E-state index in [0.29, 0.717) is 31.0 Å². The van der Waals surface area contributed by atoms with Crippen molar-refractivity contribution in [3.8, 4) is 0 Å². The number of hydrogen-bond donors (Lipinski definition) is 5. The molecular weight excluding hydrogens is 760 g/mol. The van der Waals surface area contributed by atoms with E-state index in [4.69, 9.17) is 4.74 Å². The topological polar surface area (TPSA) is 207 Å². The van der Waals surface area contributed by atoms with Crippen LogP contribution in [0.15, 0.2) is 42.5 Å². The monoisotopic (exact) mass is 809 g/mol. The Balaban J connectivity index is 1.34. The van der Waals surface area contributed by atoms with E-state index in [9.17, 15) is 47.4 Å². The lowest BCUT2D eigenvalue weighted by Gasteiger charge is -2.39. The van der Waals surface area contributed by atoms with Gasteiger partial charge in [-0.1, -0.05) is 17.7 Å². The minimum absolute atomic E-state index is 0.00857. The molecule has 4 fully saturated rings. The Morgan fingerprint density at radius 2 is 1.52 bits per heavy atom. The van der Waals surface area contributed by atoms with Gasteiger partial charge in [-0.25, -0.2) is 18.4 Å². The first-order chi connectivity index (χ1) is 27.6. The molecule has 18 heteroatoms. The number of urea groups is 1.